The summed E-state index contributed by atoms with van der Waals surface area (Å²) in [6, 6.07) is 13.4. The SMILES string of the molecule is CN(C)S(=O)(=O)c1ccccc1Oc1ccccc1N. The van der Waals surface area contributed by atoms with Crippen LogP contribution in [0, 0.1) is 0 Å². The lowest BCUT2D eigenvalue weighted by Crippen LogP contribution is -2.22. The molecule has 0 saturated carbocycles. The van der Waals surface area contributed by atoms with Gasteiger partial charge in [-0.25, -0.2) is 12.7 Å². The van der Waals surface area contributed by atoms with E-state index in [2.05, 4.69) is 0 Å². The quantitative estimate of drug-likeness (QED) is 0.878. The minimum absolute atomic E-state index is 0.105. The monoisotopic (exact) mass is 292 g/mol. The highest BCUT2D eigenvalue weighted by Crippen LogP contribution is 2.32. The lowest BCUT2D eigenvalue weighted by Gasteiger charge is -2.16. The molecule has 0 saturated heterocycles. The Hall–Kier alpha value is -2.05. The Kier molecular flexibility index (Phi) is 3.96. The lowest BCUT2D eigenvalue weighted by atomic mass is 10.3. The molecule has 0 fully saturated rings. The van der Waals surface area contributed by atoms with Crippen molar-refractivity contribution in [3.63, 3.8) is 0 Å². The van der Waals surface area contributed by atoms with Crippen LogP contribution in [0.15, 0.2) is 53.4 Å². The fourth-order valence-corrected chi connectivity index (χ4v) is 2.64. The minimum Gasteiger partial charge on any atom is -0.454 e. The highest BCUT2D eigenvalue weighted by atomic mass is 32.2. The Morgan fingerprint density at radius 2 is 1.50 bits per heavy atom. The molecule has 6 heteroatoms. The van der Waals surface area contributed by atoms with Gasteiger partial charge in [-0.1, -0.05) is 24.3 Å². The van der Waals surface area contributed by atoms with Gasteiger partial charge in [0.05, 0.1) is 5.69 Å². The average molecular weight is 292 g/mol. The number of ether oxygens (including phenoxy) is 1. The number of nitrogens with two attached hydrogens (primary N) is 1. The van der Waals surface area contributed by atoms with Crippen LogP contribution in [0.1, 0.15) is 0 Å². The van der Waals surface area contributed by atoms with Crippen molar-refractivity contribution in [3.05, 3.63) is 48.5 Å². The van der Waals surface area contributed by atoms with Gasteiger partial charge < -0.3 is 10.5 Å². The van der Waals surface area contributed by atoms with Crippen molar-refractivity contribution in [2.45, 2.75) is 4.90 Å². The van der Waals surface area contributed by atoms with E-state index in [0.29, 0.717) is 11.4 Å². The second kappa shape index (κ2) is 5.52. The van der Waals surface area contributed by atoms with Crippen molar-refractivity contribution in [1.29, 1.82) is 0 Å². The Labute approximate surface area is 118 Å². The number of para-hydroxylation sites is 3. The molecule has 0 bridgehead atoms. The van der Waals surface area contributed by atoms with Gasteiger partial charge >= 0.3 is 0 Å². The largest absolute Gasteiger partial charge is 0.454 e. The van der Waals surface area contributed by atoms with E-state index in [0.717, 1.165) is 4.31 Å². The molecule has 5 nitrogen and oxygen atoms in total. The first-order chi connectivity index (χ1) is 9.43. The summed E-state index contributed by atoms with van der Waals surface area (Å²) >= 11 is 0. The molecule has 0 amide bonds. The van der Waals surface area contributed by atoms with Gasteiger partial charge in [0.25, 0.3) is 0 Å². The van der Waals surface area contributed by atoms with Crippen LogP contribution in [0.5, 0.6) is 11.5 Å². The van der Waals surface area contributed by atoms with Crippen LogP contribution < -0.4 is 10.5 Å². The molecule has 2 rings (SSSR count). The van der Waals surface area contributed by atoms with Crippen LogP contribution in [-0.2, 0) is 10.0 Å². The summed E-state index contributed by atoms with van der Waals surface area (Å²) in [6.07, 6.45) is 0. The van der Waals surface area contributed by atoms with Crippen LogP contribution in [0.3, 0.4) is 0 Å². The van der Waals surface area contributed by atoms with Crippen molar-refractivity contribution in [2.75, 3.05) is 19.8 Å². The first-order valence-corrected chi connectivity index (χ1v) is 7.41. The second-order valence-electron chi connectivity index (χ2n) is 4.37. The van der Waals surface area contributed by atoms with E-state index in [1.54, 1.807) is 42.5 Å². The van der Waals surface area contributed by atoms with Crippen LogP contribution in [-0.4, -0.2) is 26.8 Å². The van der Waals surface area contributed by atoms with E-state index >= 15 is 0 Å². The van der Waals surface area contributed by atoms with Crippen molar-refractivity contribution >= 4 is 15.7 Å². The summed E-state index contributed by atoms with van der Waals surface area (Å²) in [5, 5.41) is 0. The summed E-state index contributed by atoms with van der Waals surface area (Å²) in [5.41, 5.74) is 6.25. The summed E-state index contributed by atoms with van der Waals surface area (Å²) < 4.78 is 31.3. The van der Waals surface area contributed by atoms with E-state index in [9.17, 15) is 8.42 Å². The summed E-state index contributed by atoms with van der Waals surface area (Å²) in [7, 11) is -0.623. The average Bonchev–Trinajstić information content (AvgIpc) is 2.41. The molecule has 2 aromatic rings. The molecule has 0 aliphatic heterocycles. The van der Waals surface area contributed by atoms with Crippen LogP contribution in [0.2, 0.25) is 0 Å². The van der Waals surface area contributed by atoms with Crippen molar-refractivity contribution in [1.82, 2.24) is 4.31 Å². The summed E-state index contributed by atoms with van der Waals surface area (Å²) in [4.78, 5) is 0.105. The van der Waals surface area contributed by atoms with Crippen LogP contribution >= 0.6 is 0 Å². The Morgan fingerprint density at radius 1 is 0.950 bits per heavy atom. The maximum Gasteiger partial charge on any atom is 0.246 e. The minimum atomic E-state index is -3.57. The molecule has 0 atom stereocenters. The number of rotatable bonds is 4. The number of anilines is 1. The number of nitrogen functional groups attached to an aromatic ring is 1. The smallest absolute Gasteiger partial charge is 0.246 e. The molecular formula is C14H16N2O3S. The van der Waals surface area contributed by atoms with Gasteiger partial charge in [0, 0.05) is 14.1 Å². The predicted octanol–water partition coefficient (Wildman–Crippen LogP) is 2.31. The highest BCUT2D eigenvalue weighted by Gasteiger charge is 2.22. The maximum atomic E-state index is 12.2. The standard InChI is InChI=1S/C14H16N2O3S/c1-16(2)20(17,18)14-10-6-5-9-13(14)19-12-8-4-3-7-11(12)15/h3-10H,15H2,1-2H3. The molecule has 2 aromatic carbocycles. The Balaban J connectivity index is 2.47. The maximum absolute atomic E-state index is 12.2. The Bertz CT molecular complexity index is 712. The summed E-state index contributed by atoms with van der Waals surface area (Å²) in [6.45, 7) is 0. The third-order valence-electron chi connectivity index (χ3n) is 2.75. The van der Waals surface area contributed by atoms with E-state index in [-0.39, 0.29) is 10.6 Å². The second-order valence-corrected chi connectivity index (χ2v) is 6.49. The molecule has 0 radical (unpaired) electrons. The molecule has 0 unspecified atom stereocenters. The molecule has 106 valence electrons. The zero-order valence-electron chi connectivity index (χ0n) is 11.3. The molecule has 20 heavy (non-hydrogen) atoms. The Morgan fingerprint density at radius 3 is 2.10 bits per heavy atom. The van der Waals surface area contributed by atoms with E-state index in [1.165, 1.54) is 20.2 Å². The predicted molar refractivity (Wildman–Crippen MR) is 78.2 cm³/mol. The first kappa shape index (κ1) is 14.4. The number of benzene rings is 2. The highest BCUT2D eigenvalue weighted by molar-refractivity contribution is 7.89. The van der Waals surface area contributed by atoms with Gasteiger partial charge in [-0.15, -0.1) is 0 Å². The van der Waals surface area contributed by atoms with Gasteiger partial charge in [0.15, 0.2) is 0 Å². The summed E-state index contributed by atoms with van der Waals surface area (Å²) in [5.74, 6) is 0.674. The van der Waals surface area contributed by atoms with Crippen molar-refractivity contribution in [2.24, 2.45) is 0 Å². The van der Waals surface area contributed by atoms with Gasteiger partial charge in [-0.05, 0) is 24.3 Å². The van der Waals surface area contributed by atoms with Gasteiger partial charge in [0.1, 0.15) is 16.4 Å². The number of nitrogens with zero attached hydrogens (tertiary/aromatic N) is 1. The normalized spacial score (nSPS) is 11.6. The molecule has 0 aliphatic carbocycles. The zero-order chi connectivity index (χ0) is 14.8. The third-order valence-corrected chi connectivity index (χ3v) is 4.60. The number of hydrogen-bond acceptors (Lipinski definition) is 4. The number of sulfonamides is 1. The lowest BCUT2D eigenvalue weighted by molar-refractivity contribution is 0.462. The van der Waals surface area contributed by atoms with Gasteiger partial charge in [-0.3, -0.25) is 0 Å². The van der Waals surface area contributed by atoms with Crippen molar-refractivity contribution < 1.29 is 13.2 Å². The molecule has 0 aromatic heterocycles. The molecular weight excluding hydrogens is 276 g/mol. The zero-order valence-corrected chi connectivity index (χ0v) is 12.1. The van der Waals surface area contributed by atoms with Gasteiger partial charge in [-0.2, -0.15) is 0 Å². The molecule has 0 heterocycles. The molecule has 0 spiro atoms. The fraction of sp³-hybridized carbons (Fsp3) is 0.143. The topological polar surface area (TPSA) is 72.6 Å². The first-order valence-electron chi connectivity index (χ1n) is 5.97. The van der Waals surface area contributed by atoms with Crippen LogP contribution in [0.4, 0.5) is 5.69 Å². The van der Waals surface area contributed by atoms with E-state index in [4.69, 9.17) is 10.5 Å². The van der Waals surface area contributed by atoms with E-state index in [1.807, 2.05) is 0 Å². The fourth-order valence-electron chi connectivity index (χ4n) is 1.64. The third kappa shape index (κ3) is 2.76. The molecule has 0 aliphatic rings. The number of hydrogen-bond donors (Lipinski definition) is 1. The molecule has 2 N–H and O–H groups in total. The van der Waals surface area contributed by atoms with Gasteiger partial charge in [0.2, 0.25) is 10.0 Å². The van der Waals surface area contributed by atoms with Crippen LogP contribution in [0.25, 0.3) is 0 Å². The van der Waals surface area contributed by atoms with Crippen molar-refractivity contribution in [3.8, 4) is 11.5 Å². The van der Waals surface area contributed by atoms with E-state index < -0.39 is 10.0 Å².